The van der Waals surface area contributed by atoms with Gasteiger partial charge in [-0.15, -0.1) is 0 Å². The normalized spacial score (nSPS) is 10.6. The average Bonchev–Trinajstić information content (AvgIpc) is 2.61. The maximum absolute atomic E-state index is 5.29. The highest BCUT2D eigenvalue weighted by Gasteiger charge is 2.05. The van der Waals surface area contributed by atoms with Crippen LogP contribution >= 0.6 is 0 Å². The van der Waals surface area contributed by atoms with Gasteiger partial charge in [-0.2, -0.15) is 0 Å². The fourth-order valence-electron chi connectivity index (χ4n) is 2.17. The molecule has 0 fully saturated rings. The van der Waals surface area contributed by atoms with Gasteiger partial charge in [0.25, 0.3) is 0 Å². The van der Waals surface area contributed by atoms with Crippen molar-refractivity contribution in [3.63, 3.8) is 0 Å². The summed E-state index contributed by atoms with van der Waals surface area (Å²) in [5.74, 6) is 2.79. The highest BCUT2D eigenvalue weighted by atomic mass is 16.5. The van der Waals surface area contributed by atoms with Crippen LogP contribution in [0, 0.1) is 0 Å². The predicted octanol–water partition coefficient (Wildman–Crippen LogP) is 3.34. The van der Waals surface area contributed by atoms with Crippen molar-refractivity contribution >= 4 is 6.21 Å². The molecular formula is C18H21NO4. The van der Waals surface area contributed by atoms with E-state index in [1.54, 1.807) is 34.7 Å². The molecular weight excluding hydrogens is 294 g/mol. The molecule has 0 aliphatic heterocycles. The molecule has 0 spiro atoms. The van der Waals surface area contributed by atoms with Gasteiger partial charge in [-0.1, -0.05) is 6.07 Å². The van der Waals surface area contributed by atoms with Crippen LogP contribution < -0.4 is 18.9 Å². The summed E-state index contributed by atoms with van der Waals surface area (Å²) in [6, 6.07) is 11.4. The van der Waals surface area contributed by atoms with E-state index in [0.717, 1.165) is 11.1 Å². The largest absolute Gasteiger partial charge is 0.493 e. The van der Waals surface area contributed by atoms with Crippen molar-refractivity contribution in [2.45, 2.75) is 6.54 Å². The highest BCUT2D eigenvalue weighted by molar-refractivity contribution is 5.80. The van der Waals surface area contributed by atoms with Crippen molar-refractivity contribution in [3.8, 4) is 23.0 Å². The summed E-state index contributed by atoms with van der Waals surface area (Å²) < 4.78 is 21.0. The molecule has 0 bridgehead atoms. The SMILES string of the molecule is COc1ccc(/C=N\Cc2ccc(OC)c(OC)c2)cc1OC. The Morgan fingerprint density at radius 2 is 1.30 bits per heavy atom. The first kappa shape index (κ1) is 16.7. The Morgan fingerprint density at radius 3 is 1.91 bits per heavy atom. The molecule has 0 unspecified atom stereocenters. The van der Waals surface area contributed by atoms with Crippen molar-refractivity contribution in [1.29, 1.82) is 0 Å². The number of aliphatic imine (C=N–C) groups is 1. The zero-order chi connectivity index (χ0) is 16.7. The average molecular weight is 315 g/mol. The van der Waals surface area contributed by atoms with Gasteiger partial charge in [-0.25, -0.2) is 0 Å². The third-order valence-corrected chi connectivity index (χ3v) is 3.37. The van der Waals surface area contributed by atoms with E-state index in [1.165, 1.54) is 0 Å². The lowest BCUT2D eigenvalue weighted by atomic mass is 10.2. The molecule has 5 nitrogen and oxygen atoms in total. The van der Waals surface area contributed by atoms with Crippen LogP contribution in [0.15, 0.2) is 41.4 Å². The molecule has 0 amide bonds. The summed E-state index contributed by atoms with van der Waals surface area (Å²) in [5.41, 5.74) is 1.99. The van der Waals surface area contributed by atoms with Crippen molar-refractivity contribution in [2.24, 2.45) is 4.99 Å². The summed E-state index contributed by atoms with van der Waals surface area (Å²) in [5, 5.41) is 0. The zero-order valence-electron chi connectivity index (χ0n) is 13.8. The van der Waals surface area contributed by atoms with Gasteiger partial charge in [0.1, 0.15) is 0 Å². The molecule has 0 aliphatic rings. The third-order valence-electron chi connectivity index (χ3n) is 3.37. The molecule has 2 aromatic rings. The number of methoxy groups -OCH3 is 4. The summed E-state index contributed by atoms with van der Waals surface area (Å²) in [4.78, 5) is 4.46. The first-order valence-electron chi connectivity index (χ1n) is 7.14. The van der Waals surface area contributed by atoms with Crippen molar-refractivity contribution < 1.29 is 18.9 Å². The molecule has 0 N–H and O–H groups in total. The lowest BCUT2D eigenvalue weighted by Crippen LogP contribution is -1.93. The fourth-order valence-corrected chi connectivity index (χ4v) is 2.17. The summed E-state index contributed by atoms with van der Waals surface area (Å²) >= 11 is 0. The molecule has 0 aromatic heterocycles. The van der Waals surface area contributed by atoms with E-state index in [2.05, 4.69) is 4.99 Å². The summed E-state index contributed by atoms with van der Waals surface area (Å²) in [7, 11) is 6.46. The Hall–Kier alpha value is -2.69. The third kappa shape index (κ3) is 4.16. The molecule has 23 heavy (non-hydrogen) atoms. The number of nitrogens with zero attached hydrogens (tertiary/aromatic N) is 1. The second kappa shape index (κ2) is 8.08. The second-order valence-corrected chi connectivity index (χ2v) is 4.77. The van der Waals surface area contributed by atoms with E-state index < -0.39 is 0 Å². The topological polar surface area (TPSA) is 49.3 Å². The van der Waals surface area contributed by atoms with E-state index in [-0.39, 0.29) is 0 Å². The Morgan fingerprint density at radius 1 is 0.739 bits per heavy atom. The Kier molecular flexibility index (Phi) is 5.86. The van der Waals surface area contributed by atoms with Crippen molar-refractivity contribution in [1.82, 2.24) is 0 Å². The lowest BCUT2D eigenvalue weighted by molar-refractivity contribution is 0.354. The van der Waals surface area contributed by atoms with Crippen molar-refractivity contribution in [2.75, 3.05) is 28.4 Å². The number of hydrogen-bond donors (Lipinski definition) is 0. The van der Waals surface area contributed by atoms with Gasteiger partial charge in [0, 0.05) is 6.21 Å². The minimum Gasteiger partial charge on any atom is -0.493 e. The fraction of sp³-hybridized carbons (Fsp3) is 0.278. The van der Waals surface area contributed by atoms with Crippen LogP contribution in [0.4, 0.5) is 0 Å². The quantitative estimate of drug-likeness (QED) is 0.735. The van der Waals surface area contributed by atoms with E-state index in [9.17, 15) is 0 Å². The van der Waals surface area contributed by atoms with Crippen LogP contribution in [0.1, 0.15) is 11.1 Å². The molecule has 0 radical (unpaired) electrons. The van der Waals surface area contributed by atoms with E-state index >= 15 is 0 Å². The Balaban J connectivity index is 2.09. The first-order valence-corrected chi connectivity index (χ1v) is 7.14. The van der Waals surface area contributed by atoms with Crippen LogP contribution in [0.2, 0.25) is 0 Å². The monoisotopic (exact) mass is 315 g/mol. The number of rotatable bonds is 7. The van der Waals surface area contributed by atoms with E-state index in [0.29, 0.717) is 29.5 Å². The van der Waals surface area contributed by atoms with Gasteiger partial charge >= 0.3 is 0 Å². The van der Waals surface area contributed by atoms with Gasteiger partial charge < -0.3 is 18.9 Å². The van der Waals surface area contributed by atoms with Gasteiger partial charge in [-0.3, -0.25) is 4.99 Å². The number of ether oxygens (including phenoxy) is 4. The van der Waals surface area contributed by atoms with Crippen LogP contribution in [0.5, 0.6) is 23.0 Å². The minimum atomic E-state index is 0.550. The van der Waals surface area contributed by atoms with Gasteiger partial charge in [0.05, 0.1) is 35.0 Å². The van der Waals surface area contributed by atoms with Gasteiger partial charge in [0.15, 0.2) is 23.0 Å². The standard InChI is InChI=1S/C18H21NO4/c1-20-15-7-5-13(9-17(15)22-3)11-19-12-14-6-8-16(21-2)18(10-14)23-4/h5-11H,12H2,1-4H3/b19-11-. The van der Waals surface area contributed by atoms with Crippen molar-refractivity contribution in [3.05, 3.63) is 47.5 Å². The molecule has 2 rings (SSSR count). The molecule has 5 heteroatoms. The molecule has 0 heterocycles. The Labute approximate surface area is 136 Å². The van der Waals surface area contributed by atoms with Crippen LogP contribution in [-0.4, -0.2) is 34.7 Å². The smallest absolute Gasteiger partial charge is 0.161 e. The zero-order valence-corrected chi connectivity index (χ0v) is 13.8. The maximum Gasteiger partial charge on any atom is 0.161 e. The first-order chi connectivity index (χ1) is 11.2. The van der Waals surface area contributed by atoms with Gasteiger partial charge in [-0.05, 0) is 41.5 Å². The molecule has 0 atom stereocenters. The molecule has 0 saturated carbocycles. The molecule has 2 aromatic carbocycles. The van der Waals surface area contributed by atoms with E-state index in [1.807, 2.05) is 36.4 Å². The maximum atomic E-state index is 5.29. The molecule has 122 valence electrons. The van der Waals surface area contributed by atoms with Crippen LogP contribution in [-0.2, 0) is 6.54 Å². The number of benzene rings is 2. The molecule has 0 aliphatic carbocycles. The highest BCUT2D eigenvalue weighted by Crippen LogP contribution is 2.28. The summed E-state index contributed by atoms with van der Waals surface area (Å²) in [6.45, 7) is 0.550. The summed E-state index contributed by atoms with van der Waals surface area (Å²) in [6.07, 6.45) is 1.80. The van der Waals surface area contributed by atoms with Crippen LogP contribution in [0.3, 0.4) is 0 Å². The van der Waals surface area contributed by atoms with E-state index in [4.69, 9.17) is 18.9 Å². The van der Waals surface area contributed by atoms with Crippen LogP contribution in [0.25, 0.3) is 0 Å². The predicted molar refractivity (Wildman–Crippen MR) is 90.4 cm³/mol. The number of hydrogen-bond acceptors (Lipinski definition) is 5. The van der Waals surface area contributed by atoms with Gasteiger partial charge in [0.2, 0.25) is 0 Å². The molecule has 0 saturated heterocycles. The minimum absolute atomic E-state index is 0.550. The Bertz CT molecular complexity index is 683. The second-order valence-electron chi connectivity index (χ2n) is 4.77. The lowest BCUT2D eigenvalue weighted by Gasteiger charge is -2.08.